The molecule has 1 aliphatic heterocycles. The molecule has 32 heavy (non-hydrogen) atoms. The highest BCUT2D eigenvalue weighted by Crippen LogP contribution is 2.45. The lowest BCUT2D eigenvalue weighted by molar-refractivity contribution is -0.135. The van der Waals surface area contributed by atoms with E-state index >= 15 is 0 Å². The van der Waals surface area contributed by atoms with Crippen LogP contribution in [0.5, 0.6) is 5.75 Å². The van der Waals surface area contributed by atoms with E-state index in [1.54, 1.807) is 5.48 Å². The first kappa shape index (κ1) is 24.5. The van der Waals surface area contributed by atoms with Crippen molar-refractivity contribution in [1.29, 1.82) is 0 Å². The van der Waals surface area contributed by atoms with Gasteiger partial charge < -0.3 is 9.84 Å². The zero-order valence-electron chi connectivity index (χ0n) is 18.1. The van der Waals surface area contributed by atoms with Gasteiger partial charge in [-0.1, -0.05) is 32.0 Å². The minimum atomic E-state index is -4.08. The molecular formula is C22H28N2O6S2. The highest BCUT2D eigenvalue weighted by atomic mass is 32.2. The molecule has 2 aromatic carbocycles. The van der Waals surface area contributed by atoms with E-state index < -0.39 is 39.4 Å². The topological polar surface area (TPSA) is 116 Å². The van der Waals surface area contributed by atoms with Crippen LogP contribution in [0.4, 0.5) is 0 Å². The summed E-state index contributed by atoms with van der Waals surface area (Å²) in [7, 11) is -2.60. The van der Waals surface area contributed by atoms with Crippen molar-refractivity contribution in [3.8, 4) is 5.75 Å². The number of methoxy groups -OCH3 is 1. The maximum atomic E-state index is 13.4. The quantitative estimate of drug-likeness (QED) is 0.302. The zero-order valence-corrected chi connectivity index (χ0v) is 19.8. The molecule has 8 nitrogen and oxygen atoms in total. The van der Waals surface area contributed by atoms with Crippen molar-refractivity contribution in [2.75, 3.05) is 19.4 Å². The number of carbonyl (C=O) groups excluding carboxylic acids is 1. The molecule has 3 rings (SSSR count). The van der Waals surface area contributed by atoms with Gasteiger partial charge >= 0.3 is 0 Å². The summed E-state index contributed by atoms with van der Waals surface area (Å²) in [6.45, 7) is 3.64. The average Bonchev–Trinajstić information content (AvgIpc) is 3.09. The number of amides is 1. The molecule has 0 aromatic heterocycles. The van der Waals surface area contributed by atoms with E-state index in [-0.39, 0.29) is 17.2 Å². The predicted octanol–water partition coefficient (Wildman–Crippen LogP) is 2.37. The van der Waals surface area contributed by atoms with Gasteiger partial charge in [0.1, 0.15) is 11.8 Å². The predicted molar refractivity (Wildman–Crippen MR) is 121 cm³/mol. The van der Waals surface area contributed by atoms with Crippen LogP contribution in [0.15, 0.2) is 64.4 Å². The summed E-state index contributed by atoms with van der Waals surface area (Å²) < 4.78 is 33.0. The van der Waals surface area contributed by atoms with Crippen LogP contribution in [0.2, 0.25) is 0 Å². The normalized spacial score (nSPS) is 21.8. The van der Waals surface area contributed by atoms with E-state index in [0.29, 0.717) is 5.75 Å². The number of benzene rings is 2. The van der Waals surface area contributed by atoms with Crippen molar-refractivity contribution in [3.05, 3.63) is 54.6 Å². The number of thioether (sulfide) groups is 1. The molecule has 10 heteroatoms. The molecule has 1 aliphatic rings. The molecule has 1 saturated heterocycles. The Morgan fingerprint density at radius 2 is 1.84 bits per heavy atom. The molecular weight excluding hydrogens is 452 g/mol. The Morgan fingerprint density at radius 3 is 2.41 bits per heavy atom. The Bertz CT molecular complexity index is 1030. The molecule has 2 unspecified atom stereocenters. The first-order chi connectivity index (χ1) is 15.1. The maximum absolute atomic E-state index is 13.4. The molecule has 0 saturated carbocycles. The van der Waals surface area contributed by atoms with Crippen molar-refractivity contribution < 1.29 is 28.3 Å². The van der Waals surface area contributed by atoms with Crippen LogP contribution < -0.4 is 10.2 Å². The molecule has 1 heterocycles. The number of hydrogen-bond acceptors (Lipinski definition) is 7. The van der Waals surface area contributed by atoms with Crippen molar-refractivity contribution in [2.24, 2.45) is 11.3 Å². The molecule has 1 amide bonds. The van der Waals surface area contributed by atoms with Crippen LogP contribution in [0.1, 0.15) is 13.8 Å². The maximum Gasteiger partial charge on any atom is 0.262 e. The van der Waals surface area contributed by atoms with Gasteiger partial charge in [-0.3, -0.25) is 10.0 Å². The number of hydroxylamine groups is 1. The first-order valence-corrected chi connectivity index (χ1v) is 12.5. The molecule has 2 aromatic rings. The van der Waals surface area contributed by atoms with E-state index in [9.17, 15) is 23.5 Å². The Kier molecular flexibility index (Phi) is 7.51. The highest BCUT2D eigenvalue weighted by Gasteiger charge is 2.56. The third-order valence-electron chi connectivity index (χ3n) is 5.74. The molecule has 0 aliphatic carbocycles. The van der Waals surface area contributed by atoms with Crippen molar-refractivity contribution >= 4 is 27.7 Å². The fourth-order valence-electron chi connectivity index (χ4n) is 4.22. The second-order valence-corrected chi connectivity index (χ2v) is 11.3. The summed E-state index contributed by atoms with van der Waals surface area (Å²) >= 11 is 1.42. The van der Waals surface area contributed by atoms with Gasteiger partial charge in [-0.15, -0.1) is 11.8 Å². The van der Waals surface area contributed by atoms with Gasteiger partial charge in [0.25, 0.3) is 5.91 Å². The summed E-state index contributed by atoms with van der Waals surface area (Å²) in [6, 6.07) is 14.1. The Balaban J connectivity index is 1.92. The van der Waals surface area contributed by atoms with Crippen LogP contribution in [0.3, 0.4) is 0 Å². The molecule has 3 atom stereocenters. The van der Waals surface area contributed by atoms with Crippen molar-refractivity contribution in [3.63, 3.8) is 0 Å². The zero-order chi connectivity index (χ0) is 23.5. The summed E-state index contributed by atoms with van der Waals surface area (Å²) in [5.41, 5.74) is 0.863. The number of ether oxygens (including phenoxy) is 1. The van der Waals surface area contributed by atoms with E-state index in [4.69, 9.17) is 4.74 Å². The number of nitrogens with zero attached hydrogens (tertiary/aromatic N) is 1. The van der Waals surface area contributed by atoms with Gasteiger partial charge in [0.2, 0.25) is 10.0 Å². The van der Waals surface area contributed by atoms with E-state index in [1.807, 2.05) is 44.2 Å². The Morgan fingerprint density at radius 1 is 1.22 bits per heavy atom. The van der Waals surface area contributed by atoms with Crippen molar-refractivity contribution in [1.82, 2.24) is 9.79 Å². The van der Waals surface area contributed by atoms with Gasteiger partial charge in [0.05, 0.1) is 18.1 Å². The van der Waals surface area contributed by atoms with Crippen LogP contribution >= 0.6 is 11.8 Å². The van der Waals surface area contributed by atoms with Crippen LogP contribution in [0, 0.1) is 11.3 Å². The minimum Gasteiger partial charge on any atom is -0.497 e. The summed E-state index contributed by atoms with van der Waals surface area (Å²) in [6.07, 6.45) is -0.992. The first-order valence-electron chi connectivity index (χ1n) is 10.1. The fraction of sp³-hybridized carbons (Fsp3) is 0.409. The largest absolute Gasteiger partial charge is 0.497 e. The third-order valence-corrected chi connectivity index (χ3v) is 8.69. The lowest BCUT2D eigenvalue weighted by atomic mass is 9.75. The smallest absolute Gasteiger partial charge is 0.262 e. The molecule has 0 spiro atoms. The average molecular weight is 481 g/mol. The number of rotatable bonds is 8. The Hall–Kier alpha value is -2.11. The molecule has 174 valence electrons. The molecule has 0 radical (unpaired) electrons. The van der Waals surface area contributed by atoms with Gasteiger partial charge in [-0.25, -0.2) is 13.9 Å². The standard InChI is InChI=1S/C22H28N2O6S2/c1-22(2)14-24(32(28,29)17-11-9-15(30-3)10-12-17)20(21(26)23-27)19(22)18(25)13-31-16-7-5-4-6-8-16/h4-12,18-20,25,27H,13-14H2,1-3H3,(H,23,26)/t18-,19?,20?/m1/s1. The second kappa shape index (κ2) is 9.80. The van der Waals surface area contributed by atoms with E-state index in [1.165, 1.54) is 43.1 Å². The highest BCUT2D eigenvalue weighted by molar-refractivity contribution is 7.99. The lowest BCUT2D eigenvalue weighted by Gasteiger charge is -2.32. The summed E-state index contributed by atoms with van der Waals surface area (Å²) in [5, 5.41) is 20.4. The van der Waals surface area contributed by atoms with Gasteiger partial charge in [0, 0.05) is 23.1 Å². The third kappa shape index (κ3) is 4.94. The SMILES string of the molecule is COc1ccc(S(=O)(=O)N2CC(C)(C)C([C@H](O)CSc3ccccc3)C2C(=O)NO)cc1. The van der Waals surface area contributed by atoms with Crippen LogP contribution in [-0.4, -0.2) is 60.5 Å². The molecule has 3 N–H and O–H groups in total. The molecule has 0 bridgehead atoms. The van der Waals surface area contributed by atoms with Gasteiger partial charge in [-0.2, -0.15) is 4.31 Å². The van der Waals surface area contributed by atoms with E-state index in [0.717, 1.165) is 9.20 Å². The number of aliphatic hydroxyl groups is 1. The molecule has 1 fully saturated rings. The van der Waals surface area contributed by atoms with E-state index in [2.05, 4.69) is 0 Å². The number of hydrogen-bond donors (Lipinski definition) is 3. The van der Waals surface area contributed by atoms with Gasteiger partial charge in [-0.05, 0) is 41.8 Å². The van der Waals surface area contributed by atoms with Crippen molar-refractivity contribution in [2.45, 2.75) is 35.8 Å². The number of nitrogens with one attached hydrogen (secondary N) is 1. The van der Waals surface area contributed by atoms with Gasteiger partial charge in [0.15, 0.2) is 0 Å². The minimum absolute atomic E-state index is 0.00126. The summed E-state index contributed by atoms with van der Waals surface area (Å²) in [5.74, 6) is -0.842. The number of carbonyl (C=O) groups is 1. The second-order valence-electron chi connectivity index (χ2n) is 8.35. The monoisotopic (exact) mass is 480 g/mol. The summed E-state index contributed by atoms with van der Waals surface area (Å²) in [4.78, 5) is 13.6. The lowest BCUT2D eigenvalue weighted by Crippen LogP contribution is -2.51. The Labute approximate surface area is 192 Å². The number of aliphatic hydroxyl groups excluding tert-OH is 1. The van der Waals surface area contributed by atoms with Crippen LogP contribution in [-0.2, 0) is 14.8 Å². The number of sulfonamides is 1. The fourth-order valence-corrected chi connectivity index (χ4v) is 6.92. The van der Waals surface area contributed by atoms with Crippen LogP contribution in [0.25, 0.3) is 0 Å².